The van der Waals surface area contributed by atoms with Crippen molar-refractivity contribution >= 4 is 28.9 Å². The summed E-state index contributed by atoms with van der Waals surface area (Å²) < 4.78 is 10.7. The molecule has 0 radical (unpaired) electrons. The zero-order valence-corrected chi connectivity index (χ0v) is 19.7. The van der Waals surface area contributed by atoms with Crippen LogP contribution in [0.1, 0.15) is 43.0 Å². The Hall–Kier alpha value is -4.08. The van der Waals surface area contributed by atoms with Gasteiger partial charge < -0.3 is 24.7 Å². The number of ether oxygens (including phenoxy) is 2. The lowest BCUT2D eigenvalue weighted by Gasteiger charge is -2.31. The SMILES string of the molecule is O=C(CC[C@H]1NC(=O)N(Cc2ccc3c(c2)OCO3)C1=O)N1CCC(c2nc3ccccc3[nH]2)CC1. The van der Waals surface area contributed by atoms with Gasteiger partial charge in [-0.2, -0.15) is 0 Å². The Morgan fingerprint density at radius 2 is 1.86 bits per heavy atom. The molecule has 2 saturated heterocycles. The summed E-state index contributed by atoms with van der Waals surface area (Å²) in [6.45, 7) is 1.61. The molecule has 0 saturated carbocycles. The van der Waals surface area contributed by atoms with Crippen LogP contribution in [0.5, 0.6) is 11.5 Å². The average molecular weight is 490 g/mol. The van der Waals surface area contributed by atoms with Gasteiger partial charge in [0.2, 0.25) is 12.7 Å². The van der Waals surface area contributed by atoms with Gasteiger partial charge in [-0.3, -0.25) is 14.5 Å². The molecule has 3 aliphatic heterocycles. The van der Waals surface area contributed by atoms with E-state index in [2.05, 4.69) is 10.3 Å². The lowest BCUT2D eigenvalue weighted by atomic mass is 9.95. The van der Waals surface area contributed by atoms with Crippen molar-refractivity contribution in [3.8, 4) is 11.5 Å². The zero-order chi connectivity index (χ0) is 24.6. The Morgan fingerprint density at radius 3 is 2.69 bits per heavy atom. The highest BCUT2D eigenvalue weighted by atomic mass is 16.7. The molecule has 36 heavy (non-hydrogen) atoms. The second kappa shape index (κ2) is 9.18. The van der Waals surface area contributed by atoms with E-state index in [4.69, 9.17) is 14.5 Å². The first-order valence-electron chi connectivity index (χ1n) is 12.3. The second-order valence-electron chi connectivity index (χ2n) is 9.45. The van der Waals surface area contributed by atoms with E-state index in [1.807, 2.05) is 29.2 Å². The van der Waals surface area contributed by atoms with Crippen LogP contribution >= 0.6 is 0 Å². The molecule has 0 unspecified atom stereocenters. The third-order valence-corrected chi connectivity index (χ3v) is 7.17. The number of H-pyrrole nitrogens is 1. The van der Waals surface area contributed by atoms with Crippen molar-refractivity contribution in [1.82, 2.24) is 25.1 Å². The number of hydrogen-bond donors (Lipinski definition) is 2. The van der Waals surface area contributed by atoms with Gasteiger partial charge in [0.05, 0.1) is 17.6 Å². The van der Waals surface area contributed by atoms with Gasteiger partial charge in [-0.05, 0) is 49.1 Å². The smallest absolute Gasteiger partial charge is 0.325 e. The normalized spacial score (nSPS) is 19.8. The van der Waals surface area contributed by atoms with E-state index in [1.165, 1.54) is 4.90 Å². The number of piperidine rings is 1. The Bertz CT molecular complexity index is 1300. The third-order valence-electron chi connectivity index (χ3n) is 7.17. The van der Waals surface area contributed by atoms with E-state index in [-0.39, 0.29) is 38.0 Å². The van der Waals surface area contributed by atoms with Crippen molar-refractivity contribution in [3.63, 3.8) is 0 Å². The van der Waals surface area contributed by atoms with Crippen LogP contribution in [0.15, 0.2) is 42.5 Å². The number of imidazole rings is 1. The summed E-state index contributed by atoms with van der Waals surface area (Å²) in [5.41, 5.74) is 2.76. The summed E-state index contributed by atoms with van der Waals surface area (Å²) in [6, 6.07) is 12.2. The average Bonchev–Trinajstić information content (AvgIpc) is 3.61. The monoisotopic (exact) mass is 489 g/mol. The maximum atomic E-state index is 12.9. The predicted octanol–water partition coefficient (Wildman–Crippen LogP) is 2.90. The number of imide groups is 1. The van der Waals surface area contributed by atoms with Crippen molar-refractivity contribution in [2.45, 2.75) is 44.2 Å². The number of para-hydroxylation sites is 2. The van der Waals surface area contributed by atoms with Gasteiger partial charge in [0, 0.05) is 25.4 Å². The second-order valence-corrected chi connectivity index (χ2v) is 9.45. The molecular formula is C26H27N5O5. The molecule has 1 aromatic heterocycles. The van der Waals surface area contributed by atoms with Crippen molar-refractivity contribution in [1.29, 1.82) is 0 Å². The minimum absolute atomic E-state index is 0.00864. The van der Waals surface area contributed by atoms with Crippen molar-refractivity contribution < 1.29 is 23.9 Å². The quantitative estimate of drug-likeness (QED) is 0.515. The number of aromatic nitrogens is 2. The minimum atomic E-state index is -0.691. The fourth-order valence-electron chi connectivity index (χ4n) is 5.14. The maximum Gasteiger partial charge on any atom is 0.325 e. The van der Waals surface area contributed by atoms with Crippen molar-refractivity contribution in [2.75, 3.05) is 19.9 Å². The number of aromatic amines is 1. The summed E-state index contributed by atoms with van der Waals surface area (Å²) in [5, 5.41) is 2.72. The highest BCUT2D eigenvalue weighted by Gasteiger charge is 2.38. The number of amides is 4. The van der Waals surface area contributed by atoms with Crippen LogP contribution in [0.3, 0.4) is 0 Å². The molecule has 6 rings (SSSR count). The molecule has 0 bridgehead atoms. The predicted molar refractivity (Wildman–Crippen MR) is 129 cm³/mol. The summed E-state index contributed by atoms with van der Waals surface area (Å²) in [4.78, 5) is 49.3. The van der Waals surface area contributed by atoms with Crippen LogP contribution in [0, 0.1) is 0 Å². The number of hydrogen-bond acceptors (Lipinski definition) is 6. The molecule has 4 heterocycles. The number of fused-ring (bicyclic) bond motifs is 2. The van der Waals surface area contributed by atoms with Gasteiger partial charge in [0.15, 0.2) is 11.5 Å². The summed E-state index contributed by atoms with van der Waals surface area (Å²) >= 11 is 0. The van der Waals surface area contributed by atoms with Crippen molar-refractivity contribution in [3.05, 3.63) is 53.9 Å². The number of rotatable bonds is 6. The molecule has 4 amide bonds. The van der Waals surface area contributed by atoms with Crippen LogP contribution in [0.25, 0.3) is 11.0 Å². The van der Waals surface area contributed by atoms with E-state index in [0.717, 1.165) is 35.3 Å². The van der Waals surface area contributed by atoms with Gasteiger partial charge in [0.25, 0.3) is 5.91 Å². The number of carbonyl (C=O) groups excluding carboxylic acids is 3. The Balaban J connectivity index is 0.999. The molecule has 2 N–H and O–H groups in total. The first-order valence-corrected chi connectivity index (χ1v) is 12.3. The van der Waals surface area contributed by atoms with E-state index < -0.39 is 12.1 Å². The van der Waals surface area contributed by atoms with Crippen LogP contribution < -0.4 is 14.8 Å². The maximum absolute atomic E-state index is 12.9. The number of urea groups is 1. The van der Waals surface area contributed by atoms with E-state index >= 15 is 0 Å². The molecule has 2 fully saturated rings. The molecule has 0 spiro atoms. The highest BCUT2D eigenvalue weighted by Crippen LogP contribution is 2.33. The fraction of sp³-hybridized carbons (Fsp3) is 0.385. The van der Waals surface area contributed by atoms with Crippen LogP contribution in [-0.2, 0) is 16.1 Å². The highest BCUT2D eigenvalue weighted by molar-refractivity contribution is 6.04. The first-order chi connectivity index (χ1) is 17.5. The van der Waals surface area contributed by atoms with Gasteiger partial charge in [-0.25, -0.2) is 9.78 Å². The topological polar surface area (TPSA) is 117 Å². The van der Waals surface area contributed by atoms with E-state index in [9.17, 15) is 14.4 Å². The van der Waals surface area contributed by atoms with Crippen LogP contribution in [-0.4, -0.2) is 63.5 Å². The molecule has 10 heteroatoms. The fourth-order valence-corrected chi connectivity index (χ4v) is 5.14. The molecule has 2 aromatic carbocycles. The van der Waals surface area contributed by atoms with Crippen LogP contribution in [0.2, 0.25) is 0 Å². The molecule has 10 nitrogen and oxygen atoms in total. The largest absolute Gasteiger partial charge is 0.454 e. The summed E-state index contributed by atoms with van der Waals surface area (Å²) in [5.74, 6) is 2.22. The van der Waals surface area contributed by atoms with Gasteiger partial charge in [-0.1, -0.05) is 18.2 Å². The summed E-state index contributed by atoms with van der Waals surface area (Å²) in [6.07, 6.45) is 2.18. The third kappa shape index (κ3) is 4.23. The number of nitrogens with zero attached hydrogens (tertiary/aromatic N) is 3. The molecular weight excluding hydrogens is 462 g/mol. The number of nitrogens with one attached hydrogen (secondary N) is 2. The molecule has 3 aromatic rings. The lowest BCUT2D eigenvalue weighted by Crippen LogP contribution is -2.39. The zero-order valence-electron chi connectivity index (χ0n) is 19.7. The van der Waals surface area contributed by atoms with Gasteiger partial charge in [0.1, 0.15) is 11.9 Å². The number of likely N-dealkylation sites (tertiary alicyclic amines) is 1. The van der Waals surface area contributed by atoms with Crippen molar-refractivity contribution in [2.24, 2.45) is 0 Å². The Labute approximate surface area is 207 Å². The number of benzene rings is 2. The molecule has 1 atom stereocenters. The Morgan fingerprint density at radius 1 is 1.06 bits per heavy atom. The first kappa shape index (κ1) is 22.4. The van der Waals surface area contributed by atoms with E-state index in [1.54, 1.807) is 18.2 Å². The number of carbonyl (C=O) groups is 3. The van der Waals surface area contributed by atoms with Gasteiger partial charge >= 0.3 is 6.03 Å². The molecule has 3 aliphatic rings. The Kier molecular flexibility index (Phi) is 5.71. The van der Waals surface area contributed by atoms with E-state index in [0.29, 0.717) is 30.5 Å². The summed E-state index contributed by atoms with van der Waals surface area (Å²) in [7, 11) is 0. The van der Waals surface area contributed by atoms with Gasteiger partial charge in [-0.15, -0.1) is 0 Å². The minimum Gasteiger partial charge on any atom is -0.454 e. The standard InChI is InChI=1S/C26H27N5O5/c32-23(30-11-9-17(10-12-30)24-27-18-3-1-2-4-19(18)28-24)8-6-20-25(33)31(26(34)29-20)14-16-5-7-21-22(13-16)36-15-35-21/h1-5,7,13,17,20H,6,8-12,14-15H2,(H,27,28)(H,29,34)/t20-/m1/s1. The molecule has 0 aliphatic carbocycles. The lowest BCUT2D eigenvalue weighted by molar-refractivity contribution is -0.132. The molecule has 186 valence electrons. The van der Waals surface area contributed by atoms with Crippen LogP contribution in [0.4, 0.5) is 4.79 Å².